The quantitative estimate of drug-likeness (QED) is 0.494. The van der Waals surface area contributed by atoms with Crippen molar-refractivity contribution in [2.45, 2.75) is 0 Å². The molecule has 4 aromatic rings. The number of H-pyrrole nitrogens is 2. The molecule has 0 fully saturated rings. The number of rotatable bonds is 1. The van der Waals surface area contributed by atoms with Gasteiger partial charge in [-0.25, -0.2) is 0 Å². The van der Waals surface area contributed by atoms with Crippen molar-refractivity contribution in [3.63, 3.8) is 0 Å². The molecule has 0 aliphatic heterocycles. The Morgan fingerprint density at radius 2 is 1.83 bits per heavy atom. The topological polar surface area (TPSA) is 31.6 Å². The van der Waals surface area contributed by atoms with Gasteiger partial charge in [0, 0.05) is 24.0 Å². The van der Waals surface area contributed by atoms with E-state index in [4.69, 9.17) is 0 Å². The first-order chi connectivity index (χ1) is 8.92. The smallest absolute Gasteiger partial charge is 0.0534 e. The van der Waals surface area contributed by atoms with E-state index in [1.807, 2.05) is 30.7 Å². The highest BCUT2D eigenvalue weighted by molar-refractivity contribution is 5.97. The molecule has 2 heteroatoms. The summed E-state index contributed by atoms with van der Waals surface area (Å²) in [6, 6.07) is 15.7. The van der Waals surface area contributed by atoms with Crippen LogP contribution < -0.4 is 0 Å². The predicted octanol–water partition coefficient (Wildman–Crippen LogP) is 4.12. The van der Waals surface area contributed by atoms with E-state index in [0.717, 1.165) is 5.69 Å². The molecule has 0 amide bonds. The summed E-state index contributed by atoms with van der Waals surface area (Å²) in [4.78, 5) is 6.49. The molecule has 2 aromatic carbocycles. The van der Waals surface area contributed by atoms with E-state index in [2.05, 4.69) is 40.3 Å². The summed E-state index contributed by atoms with van der Waals surface area (Å²) in [5.41, 5.74) is 2.36. The third kappa shape index (κ3) is 1.29. The highest BCUT2D eigenvalue weighted by atomic mass is 14.7. The summed E-state index contributed by atoms with van der Waals surface area (Å²) < 4.78 is 0. The van der Waals surface area contributed by atoms with E-state index < -0.39 is 0 Å². The average Bonchev–Trinajstić information content (AvgIpc) is 3.04. The van der Waals surface area contributed by atoms with Crippen molar-refractivity contribution in [3.8, 4) is 11.3 Å². The van der Waals surface area contributed by atoms with E-state index in [1.165, 1.54) is 27.1 Å². The van der Waals surface area contributed by atoms with Crippen molar-refractivity contribution in [1.82, 2.24) is 9.97 Å². The number of nitrogens with one attached hydrogen (secondary N) is 2. The van der Waals surface area contributed by atoms with Crippen LogP contribution in [0.3, 0.4) is 0 Å². The lowest BCUT2D eigenvalue weighted by atomic mass is 10.1. The molecule has 2 N–H and O–H groups in total. The minimum atomic E-state index is 1.16. The Morgan fingerprint density at radius 1 is 0.889 bits per heavy atom. The zero-order valence-electron chi connectivity index (χ0n) is 9.70. The number of fused-ring (bicyclic) bond motifs is 2. The molecule has 4 rings (SSSR count). The Balaban J connectivity index is 2.00. The first-order valence-corrected chi connectivity index (χ1v) is 5.96. The Kier molecular flexibility index (Phi) is 1.86. The second kappa shape index (κ2) is 3.50. The maximum Gasteiger partial charge on any atom is 0.0534 e. The van der Waals surface area contributed by atoms with E-state index in [9.17, 15) is 0 Å². The second-order valence-corrected chi connectivity index (χ2v) is 4.48. The van der Waals surface area contributed by atoms with E-state index in [-0.39, 0.29) is 0 Å². The van der Waals surface area contributed by atoms with Crippen LogP contribution in [0.5, 0.6) is 0 Å². The largest absolute Gasteiger partial charge is 0.366 e. The van der Waals surface area contributed by atoms with Crippen LogP contribution in [0.25, 0.3) is 32.8 Å². The van der Waals surface area contributed by atoms with Crippen LogP contribution in [-0.4, -0.2) is 9.97 Å². The first-order valence-electron chi connectivity index (χ1n) is 5.96. The number of benzene rings is 2. The molecular formula is C16H11N2. The molecule has 0 spiro atoms. The SMILES string of the molecule is [c]1ccc2c[nH]c(-c3ccc4c[nH]cc4c3)c2c1. The minimum Gasteiger partial charge on any atom is -0.366 e. The third-order valence-corrected chi connectivity index (χ3v) is 3.39. The third-order valence-electron chi connectivity index (χ3n) is 3.39. The van der Waals surface area contributed by atoms with Gasteiger partial charge in [0.05, 0.1) is 5.69 Å². The molecule has 2 heterocycles. The molecule has 0 atom stereocenters. The van der Waals surface area contributed by atoms with Gasteiger partial charge < -0.3 is 9.97 Å². The fourth-order valence-corrected chi connectivity index (χ4v) is 2.46. The molecule has 2 aromatic heterocycles. The van der Waals surface area contributed by atoms with Crippen molar-refractivity contribution >= 4 is 21.5 Å². The molecule has 0 bridgehead atoms. The molecule has 0 aliphatic carbocycles. The van der Waals surface area contributed by atoms with Crippen LogP contribution in [0.1, 0.15) is 0 Å². The summed E-state index contributed by atoms with van der Waals surface area (Å²) in [6.07, 6.45) is 6.08. The fraction of sp³-hybridized carbons (Fsp3) is 0. The summed E-state index contributed by atoms with van der Waals surface area (Å²) in [7, 11) is 0. The van der Waals surface area contributed by atoms with Gasteiger partial charge in [-0.05, 0) is 39.9 Å². The van der Waals surface area contributed by atoms with Crippen molar-refractivity contribution in [2.75, 3.05) is 0 Å². The zero-order valence-corrected chi connectivity index (χ0v) is 9.70. The lowest BCUT2D eigenvalue weighted by molar-refractivity contribution is 1.42. The Morgan fingerprint density at radius 3 is 2.83 bits per heavy atom. The van der Waals surface area contributed by atoms with Crippen LogP contribution in [-0.2, 0) is 0 Å². The predicted molar refractivity (Wildman–Crippen MR) is 74.4 cm³/mol. The van der Waals surface area contributed by atoms with Gasteiger partial charge in [0.25, 0.3) is 0 Å². The summed E-state index contributed by atoms with van der Waals surface area (Å²) in [5.74, 6) is 0. The summed E-state index contributed by atoms with van der Waals surface area (Å²) in [5, 5.41) is 4.90. The van der Waals surface area contributed by atoms with Gasteiger partial charge in [-0.2, -0.15) is 0 Å². The maximum atomic E-state index is 3.36. The van der Waals surface area contributed by atoms with Crippen LogP contribution in [0.2, 0.25) is 0 Å². The van der Waals surface area contributed by atoms with Crippen molar-refractivity contribution in [1.29, 1.82) is 0 Å². The van der Waals surface area contributed by atoms with Gasteiger partial charge in [0.1, 0.15) is 0 Å². The van der Waals surface area contributed by atoms with Crippen LogP contribution in [0.4, 0.5) is 0 Å². The lowest BCUT2D eigenvalue weighted by Crippen LogP contribution is -1.77. The van der Waals surface area contributed by atoms with Gasteiger partial charge in [0.2, 0.25) is 0 Å². The summed E-state index contributed by atoms with van der Waals surface area (Å²) in [6.45, 7) is 0. The molecule has 18 heavy (non-hydrogen) atoms. The normalized spacial score (nSPS) is 11.3. The molecular weight excluding hydrogens is 220 g/mol. The Labute approximate surface area is 104 Å². The van der Waals surface area contributed by atoms with Gasteiger partial charge in [-0.3, -0.25) is 0 Å². The monoisotopic (exact) mass is 231 g/mol. The van der Waals surface area contributed by atoms with E-state index >= 15 is 0 Å². The minimum absolute atomic E-state index is 1.16. The van der Waals surface area contributed by atoms with Crippen LogP contribution >= 0.6 is 0 Å². The summed E-state index contributed by atoms with van der Waals surface area (Å²) >= 11 is 0. The van der Waals surface area contributed by atoms with Gasteiger partial charge in [0.15, 0.2) is 0 Å². The molecule has 0 aliphatic rings. The number of hydrogen-bond acceptors (Lipinski definition) is 0. The molecule has 0 unspecified atom stereocenters. The van der Waals surface area contributed by atoms with Crippen LogP contribution in [0.15, 0.2) is 55.0 Å². The van der Waals surface area contributed by atoms with Crippen molar-refractivity contribution in [2.24, 2.45) is 0 Å². The molecule has 1 radical (unpaired) electrons. The highest BCUT2D eigenvalue weighted by Crippen LogP contribution is 2.29. The number of aromatic amines is 2. The maximum absolute atomic E-state index is 3.36. The van der Waals surface area contributed by atoms with E-state index in [0.29, 0.717) is 0 Å². The Hall–Kier alpha value is -2.48. The van der Waals surface area contributed by atoms with E-state index in [1.54, 1.807) is 0 Å². The molecule has 2 nitrogen and oxygen atoms in total. The zero-order chi connectivity index (χ0) is 11.9. The Bertz CT molecular complexity index is 836. The molecule has 0 saturated heterocycles. The van der Waals surface area contributed by atoms with Gasteiger partial charge >= 0.3 is 0 Å². The molecule has 85 valence electrons. The second-order valence-electron chi connectivity index (χ2n) is 4.48. The average molecular weight is 231 g/mol. The standard InChI is InChI=1S/C16H11N2/c1-2-4-15-13(3-1)10-18-16(15)11-5-6-12-8-17-9-14(12)7-11/h1,3-10,17-18H. The number of hydrogen-bond donors (Lipinski definition) is 2. The first kappa shape index (κ1) is 9.54. The van der Waals surface area contributed by atoms with Crippen molar-refractivity contribution in [3.05, 3.63) is 61.1 Å². The molecule has 0 saturated carbocycles. The van der Waals surface area contributed by atoms with Crippen LogP contribution in [0, 0.1) is 6.07 Å². The van der Waals surface area contributed by atoms with Gasteiger partial charge in [-0.15, -0.1) is 0 Å². The van der Waals surface area contributed by atoms with Gasteiger partial charge in [-0.1, -0.05) is 24.3 Å². The lowest BCUT2D eigenvalue weighted by Gasteiger charge is -2.00. The number of aromatic nitrogens is 2. The highest BCUT2D eigenvalue weighted by Gasteiger charge is 2.06. The fourth-order valence-electron chi connectivity index (χ4n) is 2.46. The van der Waals surface area contributed by atoms with Crippen molar-refractivity contribution < 1.29 is 0 Å².